The Hall–Kier alpha value is -1.60. The number of carbonyl (C=O) groups is 1. The molecule has 1 aromatic rings. The molecular weight excluding hydrogens is 268 g/mol. The number of amides is 1. The number of aliphatic hydroxyl groups excluding tert-OH is 1. The maximum atomic E-state index is 12.2. The van der Waals surface area contributed by atoms with Gasteiger partial charge >= 0.3 is 0 Å². The molecule has 0 saturated carbocycles. The molecule has 3 N–H and O–H groups in total. The smallest absolute Gasteiger partial charge is 0.269 e. The molecule has 7 heteroatoms. The summed E-state index contributed by atoms with van der Waals surface area (Å²) in [5.41, 5.74) is 6.05. The monoisotopic (exact) mass is 284 g/mol. The van der Waals surface area contributed by atoms with Crippen LogP contribution in [0.2, 0.25) is 0 Å². The van der Waals surface area contributed by atoms with Crippen LogP contribution in [0.3, 0.4) is 0 Å². The Morgan fingerprint density at radius 3 is 2.63 bits per heavy atom. The highest BCUT2D eigenvalue weighted by atomic mass is 32.2. The quantitative estimate of drug-likeness (QED) is 0.608. The first-order valence-electron chi connectivity index (χ1n) is 6.06. The first-order chi connectivity index (χ1) is 8.98. The van der Waals surface area contributed by atoms with Gasteiger partial charge in [-0.25, -0.2) is 12.7 Å². The zero-order chi connectivity index (χ0) is 14.0. The van der Waals surface area contributed by atoms with E-state index in [0.717, 1.165) is 4.31 Å². The lowest BCUT2D eigenvalue weighted by atomic mass is 10.2. The standard InChI is InChI=1S/C12H16N2O4S/c13-9-4-5-10-11(8-9)19(17,18)14(12(10)16)6-2-1-3-7-15/h4-5,8,15H,1-3,6-7,13H2. The average molecular weight is 284 g/mol. The van der Waals surface area contributed by atoms with Crippen molar-refractivity contribution < 1.29 is 18.3 Å². The molecule has 0 aromatic heterocycles. The number of unbranched alkanes of at least 4 members (excludes halogenated alkanes) is 2. The van der Waals surface area contributed by atoms with Crippen LogP contribution in [0, 0.1) is 0 Å². The Morgan fingerprint density at radius 2 is 1.95 bits per heavy atom. The number of aliphatic hydroxyl groups is 1. The Kier molecular flexibility index (Phi) is 3.77. The first kappa shape index (κ1) is 13.8. The lowest BCUT2D eigenvalue weighted by molar-refractivity contribution is 0.0869. The van der Waals surface area contributed by atoms with Crippen molar-refractivity contribution in [1.82, 2.24) is 4.31 Å². The third-order valence-electron chi connectivity index (χ3n) is 3.05. The Balaban J connectivity index is 2.23. The summed E-state index contributed by atoms with van der Waals surface area (Å²) in [7, 11) is -3.76. The summed E-state index contributed by atoms with van der Waals surface area (Å²) in [6.45, 7) is 0.202. The number of nitrogen functional groups attached to an aromatic ring is 1. The molecule has 0 unspecified atom stereocenters. The summed E-state index contributed by atoms with van der Waals surface area (Å²) in [5, 5.41) is 8.67. The van der Waals surface area contributed by atoms with Gasteiger partial charge in [0.25, 0.3) is 15.9 Å². The van der Waals surface area contributed by atoms with Crippen molar-refractivity contribution in [2.45, 2.75) is 24.2 Å². The van der Waals surface area contributed by atoms with Gasteiger partial charge in [-0.15, -0.1) is 0 Å². The van der Waals surface area contributed by atoms with Gasteiger partial charge in [0.1, 0.15) is 4.90 Å². The van der Waals surface area contributed by atoms with Crippen molar-refractivity contribution in [3.8, 4) is 0 Å². The van der Waals surface area contributed by atoms with Gasteiger partial charge in [0.15, 0.2) is 0 Å². The van der Waals surface area contributed by atoms with Crippen LogP contribution in [0.1, 0.15) is 29.6 Å². The highest BCUT2D eigenvalue weighted by molar-refractivity contribution is 7.90. The topological polar surface area (TPSA) is 101 Å². The summed E-state index contributed by atoms with van der Waals surface area (Å²) in [6, 6.07) is 4.27. The van der Waals surface area contributed by atoms with Crippen LogP contribution in [-0.2, 0) is 10.0 Å². The number of nitrogens with two attached hydrogens (primary N) is 1. The summed E-state index contributed by atoms with van der Waals surface area (Å²) < 4.78 is 25.3. The third kappa shape index (κ3) is 2.43. The lowest BCUT2D eigenvalue weighted by Crippen LogP contribution is -2.31. The number of rotatable bonds is 5. The first-order valence-corrected chi connectivity index (χ1v) is 7.50. The average Bonchev–Trinajstić information content (AvgIpc) is 2.54. The van der Waals surface area contributed by atoms with Crippen LogP contribution in [0.5, 0.6) is 0 Å². The summed E-state index contributed by atoms with van der Waals surface area (Å²) in [6.07, 6.45) is 1.81. The molecule has 2 rings (SSSR count). The molecule has 0 bridgehead atoms. The third-order valence-corrected chi connectivity index (χ3v) is 4.87. The number of benzene rings is 1. The normalized spacial score (nSPS) is 16.7. The van der Waals surface area contributed by atoms with Gasteiger partial charge in [-0.1, -0.05) is 0 Å². The van der Waals surface area contributed by atoms with E-state index in [-0.39, 0.29) is 23.6 Å². The van der Waals surface area contributed by atoms with Crippen LogP contribution in [-0.4, -0.2) is 36.9 Å². The molecule has 0 saturated heterocycles. The molecule has 1 heterocycles. The van der Waals surface area contributed by atoms with Gasteiger partial charge in [0.2, 0.25) is 0 Å². The minimum Gasteiger partial charge on any atom is -0.399 e. The number of fused-ring (bicyclic) bond motifs is 1. The second kappa shape index (κ2) is 5.18. The molecule has 6 nitrogen and oxygen atoms in total. The van der Waals surface area contributed by atoms with E-state index in [9.17, 15) is 13.2 Å². The van der Waals surface area contributed by atoms with Gasteiger partial charge in [0, 0.05) is 18.8 Å². The van der Waals surface area contributed by atoms with Crippen LogP contribution < -0.4 is 5.73 Å². The maximum absolute atomic E-state index is 12.2. The van der Waals surface area contributed by atoms with Crippen molar-refractivity contribution in [3.05, 3.63) is 23.8 Å². The fourth-order valence-corrected chi connectivity index (χ4v) is 3.70. The zero-order valence-electron chi connectivity index (χ0n) is 10.4. The predicted octanol–water partition coefficient (Wildman–Crippen LogP) is 0.576. The number of sulfonamides is 1. The number of anilines is 1. The van der Waals surface area contributed by atoms with E-state index in [4.69, 9.17) is 10.8 Å². The van der Waals surface area contributed by atoms with Crippen LogP contribution in [0.4, 0.5) is 5.69 Å². The van der Waals surface area contributed by atoms with E-state index in [1.807, 2.05) is 0 Å². The Labute approximate surface area is 111 Å². The number of carbonyl (C=O) groups excluding carboxylic acids is 1. The van der Waals surface area contributed by atoms with Gasteiger partial charge in [0.05, 0.1) is 5.56 Å². The van der Waals surface area contributed by atoms with Crippen LogP contribution in [0.25, 0.3) is 0 Å². The SMILES string of the molecule is Nc1ccc2c(c1)S(=O)(=O)N(CCCCCO)C2=O. The number of nitrogens with zero attached hydrogens (tertiary/aromatic N) is 1. The predicted molar refractivity (Wildman–Crippen MR) is 70.0 cm³/mol. The molecule has 0 radical (unpaired) electrons. The number of hydrogen-bond acceptors (Lipinski definition) is 5. The number of hydrogen-bond donors (Lipinski definition) is 2. The summed E-state index contributed by atoms with van der Waals surface area (Å²) in [4.78, 5) is 12.0. The van der Waals surface area contributed by atoms with Gasteiger partial charge in [-0.3, -0.25) is 4.79 Å². The van der Waals surface area contributed by atoms with Crippen molar-refractivity contribution in [2.24, 2.45) is 0 Å². The van der Waals surface area contributed by atoms with Gasteiger partial charge in [-0.2, -0.15) is 0 Å². The molecule has 104 valence electrons. The van der Waals surface area contributed by atoms with E-state index in [0.29, 0.717) is 24.9 Å². The van der Waals surface area contributed by atoms with Crippen molar-refractivity contribution >= 4 is 21.6 Å². The molecule has 0 spiro atoms. The molecule has 0 aliphatic carbocycles. The van der Waals surface area contributed by atoms with E-state index >= 15 is 0 Å². The molecule has 1 aliphatic rings. The van der Waals surface area contributed by atoms with Crippen molar-refractivity contribution in [3.63, 3.8) is 0 Å². The Bertz CT molecular complexity index is 598. The highest BCUT2D eigenvalue weighted by Crippen LogP contribution is 2.31. The zero-order valence-corrected chi connectivity index (χ0v) is 11.2. The van der Waals surface area contributed by atoms with E-state index < -0.39 is 15.9 Å². The van der Waals surface area contributed by atoms with Gasteiger partial charge < -0.3 is 10.8 Å². The molecule has 19 heavy (non-hydrogen) atoms. The lowest BCUT2D eigenvalue weighted by Gasteiger charge is -2.14. The minimum atomic E-state index is -3.76. The molecule has 1 aromatic carbocycles. The van der Waals surface area contributed by atoms with E-state index in [1.165, 1.54) is 18.2 Å². The summed E-state index contributed by atoms with van der Waals surface area (Å²) in [5.74, 6) is -0.501. The van der Waals surface area contributed by atoms with Gasteiger partial charge in [-0.05, 0) is 37.5 Å². The minimum absolute atomic E-state index is 0.0142. The fraction of sp³-hybridized carbons (Fsp3) is 0.417. The van der Waals surface area contributed by atoms with Crippen molar-refractivity contribution in [2.75, 3.05) is 18.9 Å². The molecule has 1 amide bonds. The highest BCUT2D eigenvalue weighted by Gasteiger charge is 2.40. The summed E-state index contributed by atoms with van der Waals surface area (Å²) >= 11 is 0. The largest absolute Gasteiger partial charge is 0.399 e. The second-order valence-electron chi connectivity index (χ2n) is 4.42. The van der Waals surface area contributed by atoms with Crippen LogP contribution in [0.15, 0.2) is 23.1 Å². The molecular formula is C12H16N2O4S. The van der Waals surface area contributed by atoms with Crippen LogP contribution >= 0.6 is 0 Å². The Morgan fingerprint density at radius 1 is 1.21 bits per heavy atom. The molecule has 1 aliphatic heterocycles. The maximum Gasteiger partial charge on any atom is 0.269 e. The fourth-order valence-electron chi connectivity index (χ4n) is 2.06. The van der Waals surface area contributed by atoms with E-state index in [1.54, 1.807) is 0 Å². The second-order valence-corrected chi connectivity index (χ2v) is 6.25. The van der Waals surface area contributed by atoms with Crippen molar-refractivity contribution in [1.29, 1.82) is 0 Å². The van der Waals surface area contributed by atoms with E-state index in [2.05, 4.69) is 0 Å². The molecule has 0 atom stereocenters. The molecule has 0 fully saturated rings.